The number of ether oxygens (including phenoxy) is 2. The third-order valence-electron chi connectivity index (χ3n) is 7.87. The quantitative estimate of drug-likeness (QED) is 0.127. The maximum absolute atomic E-state index is 14.2. The molecule has 13 nitrogen and oxygen atoms in total. The number of hydrogen-bond acceptors (Lipinski definition) is 10. The van der Waals surface area contributed by atoms with Crippen molar-refractivity contribution in [1.82, 2.24) is 14.9 Å². The molecule has 4 aromatic rings. The Labute approximate surface area is 287 Å². The standard InChI is InChI=1S/C35H40F2N6O7/c1-20(44)33(39)35(48)41-29(18-32(38)47)25-7-11-31-30(17-25)40-34(43(31)19-23-4-10-27(36)28(37)16-23)24-5-8-26(9-6-24)42(12-14-49-21(2)45)13-15-50-22(3)46/h4-11,16-17,20,29,33,44H,12-15,18-19,39H2,1-3H3,(H2,38,47)(H,41,48). The predicted octanol–water partition coefficient (Wildman–Crippen LogP) is 2.70. The fraction of sp³-hybridized carbons (Fsp3) is 0.343. The number of carbonyl (C=O) groups excluding carboxylic acids is 4. The number of primary amides is 1. The van der Waals surface area contributed by atoms with Crippen LogP contribution in [0.2, 0.25) is 0 Å². The van der Waals surface area contributed by atoms with Gasteiger partial charge < -0.3 is 40.8 Å². The molecular formula is C35H40F2N6O7. The maximum Gasteiger partial charge on any atom is 0.302 e. The van der Waals surface area contributed by atoms with Crippen LogP contribution in [-0.4, -0.2) is 76.9 Å². The normalized spacial score (nSPS) is 12.9. The van der Waals surface area contributed by atoms with Gasteiger partial charge >= 0.3 is 11.9 Å². The highest BCUT2D eigenvalue weighted by Gasteiger charge is 2.25. The number of aliphatic hydroxyl groups excluding tert-OH is 1. The van der Waals surface area contributed by atoms with E-state index in [0.717, 1.165) is 17.8 Å². The number of rotatable bonds is 16. The van der Waals surface area contributed by atoms with Crippen LogP contribution >= 0.6 is 0 Å². The average Bonchev–Trinajstić information content (AvgIpc) is 3.41. The summed E-state index contributed by atoms with van der Waals surface area (Å²) in [5, 5.41) is 12.5. The molecule has 0 fully saturated rings. The molecule has 0 aliphatic heterocycles. The molecule has 0 saturated carbocycles. The number of benzene rings is 3. The second-order valence-corrected chi connectivity index (χ2v) is 11.7. The largest absolute Gasteiger partial charge is 0.464 e. The van der Waals surface area contributed by atoms with Gasteiger partial charge in [-0.1, -0.05) is 12.1 Å². The Morgan fingerprint density at radius 3 is 2.14 bits per heavy atom. The van der Waals surface area contributed by atoms with Crippen LogP contribution in [0.15, 0.2) is 60.7 Å². The third kappa shape index (κ3) is 9.83. The molecule has 3 aromatic carbocycles. The molecule has 1 heterocycles. The molecule has 0 saturated heterocycles. The highest BCUT2D eigenvalue weighted by molar-refractivity contribution is 5.85. The van der Waals surface area contributed by atoms with E-state index < -0.39 is 53.6 Å². The van der Waals surface area contributed by atoms with Crippen molar-refractivity contribution in [2.75, 3.05) is 31.2 Å². The Morgan fingerprint density at radius 2 is 1.58 bits per heavy atom. The molecular weight excluding hydrogens is 654 g/mol. The van der Waals surface area contributed by atoms with Crippen molar-refractivity contribution in [3.8, 4) is 11.4 Å². The number of halogens is 2. The number of nitrogens with two attached hydrogens (primary N) is 2. The van der Waals surface area contributed by atoms with Gasteiger partial charge in [0.1, 0.15) is 25.1 Å². The molecule has 15 heteroatoms. The first kappa shape index (κ1) is 37.4. The maximum atomic E-state index is 14.2. The van der Waals surface area contributed by atoms with Crippen molar-refractivity contribution < 1.29 is 42.5 Å². The summed E-state index contributed by atoms with van der Waals surface area (Å²) < 4.78 is 40.0. The summed E-state index contributed by atoms with van der Waals surface area (Å²) in [5.41, 5.74) is 14.8. The summed E-state index contributed by atoms with van der Waals surface area (Å²) in [4.78, 5) is 54.1. The van der Waals surface area contributed by atoms with E-state index in [1.54, 1.807) is 18.2 Å². The number of fused-ring (bicyclic) bond motifs is 1. The number of amides is 2. The SMILES string of the molecule is CC(=O)OCCN(CCOC(C)=O)c1ccc(-c2nc3cc(C(CC(N)=O)NC(=O)C(N)C(C)O)ccc3n2Cc2ccc(F)c(F)c2)cc1. The fourth-order valence-electron chi connectivity index (χ4n) is 5.30. The third-order valence-corrected chi connectivity index (χ3v) is 7.87. The number of carbonyl (C=O) groups is 4. The molecule has 2 amide bonds. The smallest absolute Gasteiger partial charge is 0.302 e. The number of anilines is 1. The molecule has 3 atom stereocenters. The van der Waals surface area contributed by atoms with E-state index in [0.29, 0.717) is 46.6 Å². The fourth-order valence-corrected chi connectivity index (χ4v) is 5.30. The highest BCUT2D eigenvalue weighted by Crippen LogP contribution is 2.30. The Hall–Kier alpha value is -5.41. The molecule has 0 bridgehead atoms. The minimum Gasteiger partial charge on any atom is -0.464 e. The molecule has 0 aliphatic carbocycles. The van der Waals surface area contributed by atoms with Crippen molar-refractivity contribution in [3.63, 3.8) is 0 Å². The lowest BCUT2D eigenvalue weighted by molar-refractivity contribution is -0.141. The monoisotopic (exact) mass is 694 g/mol. The average molecular weight is 695 g/mol. The summed E-state index contributed by atoms with van der Waals surface area (Å²) in [6.07, 6.45) is -1.39. The lowest BCUT2D eigenvalue weighted by atomic mass is 10.0. The molecule has 3 unspecified atom stereocenters. The van der Waals surface area contributed by atoms with Gasteiger partial charge in [-0.05, 0) is 66.6 Å². The van der Waals surface area contributed by atoms with Gasteiger partial charge in [0.05, 0.1) is 42.7 Å². The van der Waals surface area contributed by atoms with Gasteiger partial charge in [0.2, 0.25) is 11.8 Å². The van der Waals surface area contributed by atoms with Crippen LogP contribution in [0, 0.1) is 11.6 Å². The van der Waals surface area contributed by atoms with Crippen LogP contribution in [0.1, 0.15) is 44.4 Å². The first-order valence-corrected chi connectivity index (χ1v) is 15.8. The summed E-state index contributed by atoms with van der Waals surface area (Å²) in [5.74, 6) is -3.69. The molecule has 0 radical (unpaired) electrons. The van der Waals surface area contributed by atoms with Crippen LogP contribution in [0.5, 0.6) is 0 Å². The molecule has 0 aliphatic rings. The van der Waals surface area contributed by atoms with E-state index in [-0.39, 0.29) is 26.2 Å². The summed E-state index contributed by atoms with van der Waals surface area (Å²) in [6.45, 7) is 5.02. The van der Waals surface area contributed by atoms with E-state index in [9.17, 15) is 33.1 Å². The van der Waals surface area contributed by atoms with E-state index in [1.807, 2.05) is 33.7 Å². The van der Waals surface area contributed by atoms with Crippen LogP contribution in [0.3, 0.4) is 0 Å². The number of aliphatic hydroxyl groups is 1. The number of imidazole rings is 1. The summed E-state index contributed by atoms with van der Waals surface area (Å²) >= 11 is 0. The van der Waals surface area contributed by atoms with Crippen molar-refractivity contribution >= 4 is 40.5 Å². The van der Waals surface area contributed by atoms with Gasteiger partial charge in [0.15, 0.2) is 11.6 Å². The summed E-state index contributed by atoms with van der Waals surface area (Å²) in [6, 6.07) is 13.9. The molecule has 6 N–H and O–H groups in total. The number of esters is 2. The van der Waals surface area contributed by atoms with Crippen molar-refractivity contribution in [1.29, 1.82) is 0 Å². The van der Waals surface area contributed by atoms with Crippen molar-refractivity contribution in [2.45, 2.75) is 51.9 Å². The van der Waals surface area contributed by atoms with Crippen molar-refractivity contribution in [2.24, 2.45) is 11.5 Å². The molecule has 4 rings (SSSR count). The van der Waals surface area contributed by atoms with Crippen LogP contribution < -0.4 is 21.7 Å². The zero-order chi connectivity index (χ0) is 36.5. The van der Waals surface area contributed by atoms with Gasteiger partial charge in [-0.25, -0.2) is 13.8 Å². The Balaban J connectivity index is 1.75. The molecule has 1 aromatic heterocycles. The van der Waals surface area contributed by atoms with E-state index >= 15 is 0 Å². The van der Waals surface area contributed by atoms with Crippen LogP contribution in [-0.2, 0) is 35.2 Å². The van der Waals surface area contributed by atoms with E-state index in [4.69, 9.17) is 25.9 Å². The molecule has 50 heavy (non-hydrogen) atoms. The van der Waals surface area contributed by atoms with Crippen LogP contribution in [0.4, 0.5) is 14.5 Å². The minimum absolute atomic E-state index is 0.117. The van der Waals surface area contributed by atoms with Gasteiger partial charge in [-0.2, -0.15) is 0 Å². The van der Waals surface area contributed by atoms with Gasteiger partial charge in [0.25, 0.3) is 0 Å². The lowest BCUT2D eigenvalue weighted by Gasteiger charge is -2.24. The highest BCUT2D eigenvalue weighted by atomic mass is 19.2. The lowest BCUT2D eigenvalue weighted by Crippen LogP contribution is -2.48. The second kappa shape index (κ2) is 16.8. The Bertz CT molecular complexity index is 1830. The number of nitrogens with zero attached hydrogens (tertiary/aromatic N) is 3. The number of hydrogen-bond donors (Lipinski definition) is 4. The predicted molar refractivity (Wildman–Crippen MR) is 180 cm³/mol. The van der Waals surface area contributed by atoms with Gasteiger partial charge in [0, 0.05) is 31.6 Å². The Morgan fingerprint density at radius 1 is 0.940 bits per heavy atom. The van der Waals surface area contributed by atoms with Gasteiger partial charge in [-0.15, -0.1) is 0 Å². The number of nitrogens with one attached hydrogen (secondary N) is 1. The van der Waals surface area contributed by atoms with Crippen LogP contribution in [0.25, 0.3) is 22.4 Å². The minimum atomic E-state index is -1.24. The first-order valence-electron chi connectivity index (χ1n) is 15.8. The van der Waals surface area contributed by atoms with E-state index in [1.165, 1.54) is 26.8 Å². The van der Waals surface area contributed by atoms with Crippen molar-refractivity contribution in [3.05, 3.63) is 83.4 Å². The zero-order valence-corrected chi connectivity index (χ0v) is 27.9. The van der Waals surface area contributed by atoms with Gasteiger partial charge in [-0.3, -0.25) is 19.2 Å². The second-order valence-electron chi connectivity index (χ2n) is 11.7. The topological polar surface area (TPSA) is 192 Å². The first-order chi connectivity index (χ1) is 23.7. The molecule has 0 spiro atoms. The zero-order valence-electron chi connectivity index (χ0n) is 27.9. The molecule has 266 valence electrons. The number of aromatic nitrogens is 2. The van der Waals surface area contributed by atoms with E-state index in [2.05, 4.69) is 5.32 Å². The summed E-state index contributed by atoms with van der Waals surface area (Å²) in [7, 11) is 0. The Kier molecular flexibility index (Phi) is 12.6.